The molecule has 1 aromatic heterocycles. The summed E-state index contributed by atoms with van der Waals surface area (Å²) in [4.78, 5) is 11.6. The second kappa shape index (κ2) is 7.42. The van der Waals surface area contributed by atoms with Crippen LogP contribution >= 0.6 is 0 Å². The summed E-state index contributed by atoms with van der Waals surface area (Å²) in [5.74, 6) is 0.585. The molecule has 3 rings (SSSR count). The number of nitrogens with zero attached hydrogens (tertiary/aromatic N) is 1. The van der Waals surface area contributed by atoms with Crippen molar-refractivity contribution in [2.45, 2.75) is 26.4 Å². The molecular weight excluding hydrogens is 330 g/mol. The van der Waals surface area contributed by atoms with E-state index in [2.05, 4.69) is 0 Å². The summed E-state index contributed by atoms with van der Waals surface area (Å²) in [6, 6.07) is 13.9. The van der Waals surface area contributed by atoms with Gasteiger partial charge in [-0.15, -0.1) is 0 Å². The maximum Gasteiger partial charge on any atom is 0.336 e. The Hall–Kier alpha value is -3.10. The summed E-state index contributed by atoms with van der Waals surface area (Å²) in [5, 5.41) is 20.0. The Bertz CT molecular complexity index is 1030. The van der Waals surface area contributed by atoms with Gasteiger partial charge in [-0.2, -0.15) is 5.26 Å². The van der Waals surface area contributed by atoms with Crippen LogP contribution in [0.4, 0.5) is 0 Å². The molecule has 3 aromatic rings. The zero-order chi connectivity index (χ0) is 18.7. The summed E-state index contributed by atoms with van der Waals surface area (Å²) in [6.07, 6.45) is -0.0794. The number of nitriles is 1. The van der Waals surface area contributed by atoms with Crippen LogP contribution in [-0.4, -0.2) is 11.7 Å². The molecule has 0 amide bonds. The normalized spacial score (nSPS) is 11.9. The average molecular weight is 349 g/mol. The van der Waals surface area contributed by atoms with Crippen LogP contribution in [-0.2, 0) is 6.42 Å². The largest absolute Gasteiger partial charge is 0.490 e. The Morgan fingerprint density at radius 1 is 1.23 bits per heavy atom. The van der Waals surface area contributed by atoms with E-state index in [-0.39, 0.29) is 6.61 Å². The topological polar surface area (TPSA) is 83.5 Å². The Balaban J connectivity index is 1.85. The fraction of sp³-hybridized carbons (Fsp3) is 0.238. The molecule has 26 heavy (non-hydrogen) atoms. The first kappa shape index (κ1) is 17.7. The van der Waals surface area contributed by atoms with E-state index >= 15 is 0 Å². The number of fused-ring (bicyclic) bond motifs is 1. The molecule has 0 saturated heterocycles. The highest BCUT2D eigenvalue weighted by Crippen LogP contribution is 2.28. The lowest BCUT2D eigenvalue weighted by Crippen LogP contribution is -2.11. The summed E-state index contributed by atoms with van der Waals surface area (Å²) >= 11 is 0. The predicted molar refractivity (Wildman–Crippen MR) is 98.2 cm³/mol. The fourth-order valence-corrected chi connectivity index (χ4v) is 2.85. The second-order valence-electron chi connectivity index (χ2n) is 6.12. The van der Waals surface area contributed by atoms with Crippen molar-refractivity contribution in [2.24, 2.45) is 0 Å². The molecule has 1 atom stereocenters. The molecule has 0 aliphatic rings. The minimum atomic E-state index is -0.826. The van der Waals surface area contributed by atoms with E-state index in [0.29, 0.717) is 22.5 Å². The van der Waals surface area contributed by atoms with Crippen molar-refractivity contribution in [1.29, 1.82) is 5.26 Å². The fourth-order valence-electron chi connectivity index (χ4n) is 2.85. The standard InChI is InChI=1S/C21H19NO4/c1-3-15-9-17-13(2)8-21(24)26-20(17)10-19(15)25-12-18(23)16-6-4-14(11-22)5-7-16/h4-10,18,23H,3,12H2,1-2H3. The van der Waals surface area contributed by atoms with Gasteiger partial charge in [0.05, 0.1) is 11.6 Å². The van der Waals surface area contributed by atoms with E-state index in [1.54, 1.807) is 30.3 Å². The van der Waals surface area contributed by atoms with Gasteiger partial charge in [-0.3, -0.25) is 0 Å². The minimum absolute atomic E-state index is 0.0560. The molecule has 0 aliphatic carbocycles. The number of benzene rings is 2. The highest BCUT2D eigenvalue weighted by molar-refractivity contribution is 5.82. The number of aliphatic hydroxyl groups is 1. The van der Waals surface area contributed by atoms with Gasteiger partial charge in [0.25, 0.3) is 0 Å². The van der Waals surface area contributed by atoms with Crippen LogP contribution < -0.4 is 10.4 Å². The zero-order valence-corrected chi connectivity index (χ0v) is 14.7. The van der Waals surface area contributed by atoms with Crippen LogP contribution in [0.25, 0.3) is 11.0 Å². The molecule has 0 aliphatic heterocycles. The van der Waals surface area contributed by atoms with Gasteiger partial charge in [0.2, 0.25) is 0 Å². The molecule has 0 saturated carbocycles. The molecule has 5 heteroatoms. The first-order chi connectivity index (χ1) is 12.5. The molecule has 1 heterocycles. The SMILES string of the molecule is CCc1cc2c(C)cc(=O)oc2cc1OCC(O)c1ccc(C#N)cc1. The Morgan fingerprint density at radius 2 is 1.96 bits per heavy atom. The van der Waals surface area contributed by atoms with Crippen LogP contribution in [0.1, 0.15) is 35.3 Å². The van der Waals surface area contributed by atoms with Gasteiger partial charge in [-0.1, -0.05) is 19.1 Å². The van der Waals surface area contributed by atoms with Gasteiger partial charge < -0.3 is 14.3 Å². The molecule has 2 aromatic carbocycles. The first-order valence-corrected chi connectivity index (χ1v) is 8.40. The lowest BCUT2D eigenvalue weighted by Gasteiger charge is -2.16. The molecular formula is C21H19NO4. The lowest BCUT2D eigenvalue weighted by atomic mass is 10.0. The van der Waals surface area contributed by atoms with Gasteiger partial charge in [0.1, 0.15) is 24.0 Å². The van der Waals surface area contributed by atoms with Crippen molar-refractivity contribution in [3.05, 3.63) is 75.1 Å². The number of ether oxygens (including phenoxy) is 1. The number of aryl methyl sites for hydroxylation is 2. The quantitative estimate of drug-likeness (QED) is 0.711. The molecule has 1 unspecified atom stereocenters. The molecule has 0 bridgehead atoms. The van der Waals surface area contributed by atoms with Crippen molar-refractivity contribution in [3.8, 4) is 11.8 Å². The summed E-state index contributed by atoms with van der Waals surface area (Å²) in [6.45, 7) is 3.94. The van der Waals surface area contributed by atoms with E-state index in [1.807, 2.05) is 26.0 Å². The van der Waals surface area contributed by atoms with E-state index in [4.69, 9.17) is 14.4 Å². The van der Waals surface area contributed by atoms with Crippen LogP contribution in [0, 0.1) is 18.3 Å². The van der Waals surface area contributed by atoms with E-state index in [0.717, 1.165) is 22.9 Å². The Kier molecular flexibility index (Phi) is 5.06. The van der Waals surface area contributed by atoms with E-state index in [9.17, 15) is 9.90 Å². The third-order valence-corrected chi connectivity index (χ3v) is 4.33. The third-order valence-electron chi connectivity index (χ3n) is 4.33. The van der Waals surface area contributed by atoms with E-state index < -0.39 is 11.7 Å². The lowest BCUT2D eigenvalue weighted by molar-refractivity contribution is 0.107. The van der Waals surface area contributed by atoms with Gasteiger partial charge >= 0.3 is 5.63 Å². The molecule has 0 fully saturated rings. The van der Waals surface area contributed by atoms with Crippen molar-refractivity contribution in [1.82, 2.24) is 0 Å². The number of hydrogen-bond acceptors (Lipinski definition) is 5. The summed E-state index contributed by atoms with van der Waals surface area (Å²) in [7, 11) is 0. The number of hydrogen-bond donors (Lipinski definition) is 1. The summed E-state index contributed by atoms with van der Waals surface area (Å²) < 4.78 is 11.1. The summed E-state index contributed by atoms with van der Waals surface area (Å²) in [5.41, 5.74) is 3.11. The number of aliphatic hydroxyl groups excluding tert-OH is 1. The van der Waals surface area contributed by atoms with Crippen molar-refractivity contribution < 1.29 is 14.3 Å². The van der Waals surface area contributed by atoms with Gasteiger partial charge in [0.15, 0.2) is 0 Å². The van der Waals surface area contributed by atoms with Crippen LogP contribution in [0.15, 0.2) is 51.7 Å². The monoisotopic (exact) mass is 349 g/mol. The van der Waals surface area contributed by atoms with Crippen molar-refractivity contribution in [3.63, 3.8) is 0 Å². The Labute approximate surface area is 151 Å². The third kappa shape index (κ3) is 3.61. The number of rotatable bonds is 5. The van der Waals surface area contributed by atoms with Crippen molar-refractivity contribution in [2.75, 3.05) is 6.61 Å². The highest BCUT2D eigenvalue weighted by Gasteiger charge is 2.13. The Morgan fingerprint density at radius 3 is 2.62 bits per heavy atom. The molecule has 1 N–H and O–H groups in total. The maximum absolute atomic E-state index is 11.6. The van der Waals surface area contributed by atoms with E-state index in [1.165, 1.54) is 6.07 Å². The van der Waals surface area contributed by atoms with Crippen LogP contribution in [0.5, 0.6) is 5.75 Å². The smallest absolute Gasteiger partial charge is 0.336 e. The highest BCUT2D eigenvalue weighted by atomic mass is 16.5. The molecule has 132 valence electrons. The zero-order valence-electron chi connectivity index (χ0n) is 14.7. The van der Waals surface area contributed by atoms with Crippen LogP contribution in [0.3, 0.4) is 0 Å². The van der Waals surface area contributed by atoms with Crippen molar-refractivity contribution >= 4 is 11.0 Å². The molecule has 0 radical (unpaired) electrons. The first-order valence-electron chi connectivity index (χ1n) is 8.40. The average Bonchev–Trinajstić information content (AvgIpc) is 2.65. The van der Waals surface area contributed by atoms with Gasteiger partial charge in [-0.25, -0.2) is 4.79 Å². The second-order valence-corrected chi connectivity index (χ2v) is 6.12. The van der Waals surface area contributed by atoms with Gasteiger partial charge in [-0.05, 0) is 48.2 Å². The van der Waals surface area contributed by atoms with Crippen LogP contribution in [0.2, 0.25) is 0 Å². The minimum Gasteiger partial charge on any atom is -0.490 e. The maximum atomic E-state index is 11.6. The molecule has 5 nitrogen and oxygen atoms in total. The van der Waals surface area contributed by atoms with Gasteiger partial charge in [0, 0.05) is 17.5 Å². The molecule has 0 spiro atoms. The predicted octanol–water partition coefficient (Wildman–Crippen LogP) is 3.65.